The largest absolute Gasteiger partial charge is 0.356 e. The molecule has 0 rings (SSSR count). The summed E-state index contributed by atoms with van der Waals surface area (Å²) in [5.74, 6) is 0.809. The van der Waals surface area contributed by atoms with Crippen molar-refractivity contribution in [2.75, 3.05) is 13.6 Å². The predicted octanol–water partition coefficient (Wildman–Crippen LogP) is 0.865. The van der Waals surface area contributed by atoms with Crippen LogP contribution in [-0.2, 0) is 4.79 Å². The fraction of sp³-hybridized carbons (Fsp3) is 0.833. The normalized spacial score (nSPS) is 13.4. The molecule has 5 heteroatoms. The minimum atomic E-state index is 0.0758. The average Bonchev–Trinajstić information content (AvgIpc) is 2.26. The number of carbonyl (C=O) groups is 1. The molecule has 17 heavy (non-hydrogen) atoms. The van der Waals surface area contributed by atoms with Crippen molar-refractivity contribution in [3.63, 3.8) is 0 Å². The molecule has 0 aliphatic rings. The second-order valence-corrected chi connectivity index (χ2v) is 4.42. The van der Waals surface area contributed by atoms with Crippen molar-refractivity contribution < 1.29 is 4.79 Å². The van der Waals surface area contributed by atoms with Crippen LogP contribution >= 0.6 is 0 Å². The van der Waals surface area contributed by atoms with E-state index in [9.17, 15) is 4.79 Å². The van der Waals surface area contributed by atoms with Crippen LogP contribution in [0.2, 0.25) is 0 Å². The first-order valence-electron chi connectivity index (χ1n) is 6.26. The van der Waals surface area contributed by atoms with E-state index in [4.69, 9.17) is 0 Å². The van der Waals surface area contributed by atoms with Crippen LogP contribution in [0.5, 0.6) is 0 Å². The van der Waals surface area contributed by atoms with Gasteiger partial charge in [-0.15, -0.1) is 0 Å². The van der Waals surface area contributed by atoms with Crippen molar-refractivity contribution in [3.8, 4) is 0 Å². The summed E-state index contributed by atoms with van der Waals surface area (Å²) < 4.78 is 0. The summed E-state index contributed by atoms with van der Waals surface area (Å²) in [7, 11) is 1.72. The minimum Gasteiger partial charge on any atom is -0.356 e. The monoisotopic (exact) mass is 242 g/mol. The predicted molar refractivity (Wildman–Crippen MR) is 72.1 cm³/mol. The van der Waals surface area contributed by atoms with E-state index < -0.39 is 0 Å². The van der Waals surface area contributed by atoms with Gasteiger partial charge in [0.25, 0.3) is 0 Å². The lowest BCUT2D eigenvalue weighted by molar-refractivity contribution is -0.121. The van der Waals surface area contributed by atoms with Crippen LogP contribution in [0.25, 0.3) is 0 Å². The maximum absolute atomic E-state index is 11.5. The highest BCUT2D eigenvalue weighted by atomic mass is 16.1. The number of hydrogen-bond donors (Lipinski definition) is 3. The molecule has 0 saturated heterocycles. The first-order chi connectivity index (χ1) is 7.99. The molecule has 1 atom stereocenters. The van der Waals surface area contributed by atoms with E-state index in [1.807, 2.05) is 20.8 Å². The molecule has 0 aliphatic carbocycles. The van der Waals surface area contributed by atoms with Crippen molar-refractivity contribution in [3.05, 3.63) is 0 Å². The number of rotatable bonds is 6. The van der Waals surface area contributed by atoms with Gasteiger partial charge in [-0.1, -0.05) is 6.92 Å². The van der Waals surface area contributed by atoms with Crippen LogP contribution < -0.4 is 16.0 Å². The van der Waals surface area contributed by atoms with Crippen molar-refractivity contribution in [2.45, 2.75) is 52.6 Å². The molecule has 0 radical (unpaired) electrons. The topological polar surface area (TPSA) is 65.5 Å². The van der Waals surface area contributed by atoms with Gasteiger partial charge in [0, 0.05) is 32.1 Å². The summed E-state index contributed by atoms with van der Waals surface area (Å²) in [4.78, 5) is 15.6. The van der Waals surface area contributed by atoms with Gasteiger partial charge in [-0.2, -0.15) is 0 Å². The molecule has 0 spiro atoms. The van der Waals surface area contributed by atoms with Gasteiger partial charge in [0.15, 0.2) is 5.96 Å². The van der Waals surface area contributed by atoms with E-state index in [-0.39, 0.29) is 11.9 Å². The number of nitrogens with zero attached hydrogens (tertiary/aromatic N) is 1. The Labute approximate surface area is 104 Å². The fourth-order valence-corrected chi connectivity index (χ4v) is 1.21. The van der Waals surface area contributed by atoms with Crippen molar-refractivity contribution in [2.24, 2.45) is 4.99 Å². The molecule has 0 aliphatic heterocycles. The SMILES string of the molecule is CCC(C)NC(=O)CCNC(=NC)NC(C)C. The van der Waals surface area contributed by atoms with E-state index in [2.05, 4.69) is 27.9 Å². The molecule has 1 amide bonds. The van der Waals surface area contributed by atoms with E-state index in [0.29, 0.717) is 19.0 Å². The van der Waals surface area contributed by atoms with Crippen LogP contribution in [0.15, 0.2) is 4.99 Å². The molecular formula is C12H26N4O. The van der Waals surface area contributed by atoms with Gasteiger partial charge >= 0.3 is 0 Å². The second kappa shape index (κ2) is 8.84. The molecule has 0 heterocycles. The molecule has 0 aromatic rings. The lowest BCUT2D eigenvalue weighted by Gasteiger charge is -2.15. The summed E-state index contributed by atoms with van der Waals surface area (Å²) in [6.07, 6.45) is 1.42. The van der Waals surface area contributed by atoms with Crippen LogP contribution in [0.1, 0.15) is 40.5 Å². The standard InChI is InChI=1S/C12H26N4O/c1-6-10(4)16-11(17)7-8-14-12(13-5)15-9(2)3/h9-10H,6-8H2,1-5H3,(H,16,17)(H2,13,14,15). The van der Waals surface area contributed by atoms with E-state index in [1.165, 1.54) is 0 Å². The smallest absolute Gasteiger partial charge is 0.221 e. The Balaban J connectivity index is 3.78. The number of aliphatic imine (C=N–C) groups is 1. The molecule has 0 fully saturated rings. The van der Waals surface area contributed by atoms with Gasteiger partial charge in [0.05, 0.1) is 0 Å². The highest BCUT2D eigenvalue weighted by Gasteiger charge is 2.05. The van der Waals surface area contributed by atoms with Crippen molar-refractivity contribution >= 4 is 11.9 Å². The summed E-state index contributed by atoms with van der Waals surface area (Å²) in [6, 6.07) is 0.575. The zero-order chi connectivity index (χ0) is 13.3. The zero-order valence-electron chi connectivity index (χ0n) is 11.6. The van der Waals surface area contributed by atoms with Gasteiger partial charge in [0.1, 0.15) is 0 Å². The lowest BCUT2D eigenvalue weighted by atomic mass is 10.2. The Morgan fingerprint density at radius 1 is 1.24 bits per heavy atom. The Kier molecular flexibility index (Phi) is 8.19. The molecule has 0 aromatic heterocycles. The molecule has 0 bridgehead atoms. The van der Waals surface area contributed by atoms with E-state index in [0.717, 1.165) is 12.4 Å². The Morgan fingerprint density at radius 3 is 2.35 bits per heavy atom. The molecule has 3 N–H and O–H groups in total. The molecule has 1 unspecified atom stereocenters. The third-order valence-electron chi connectivity index (χ3n) is 2.31. The Bertz CT molecular complexity index is 251. The summed E-state index contributed by atoms with van der Waals surface area (Å²) in [6.45, 7) is 8.74. The Hall–Kier alpha value is -1.26. The first-order valence-corrected chi connectivity index (χ1v) is 6.26. The number of nitrogens with one attached hydrogen (secondary N) is 3. The van der Waals surface area contributed by atoms with Crippen LogP contribution in [0, 0.1) is 0 Å². The molecule has 5 nitrogen and oxygen atoms in total. The van der Waals surface area contributed by atoms with Gasteiger partial charge in [-0.25, -0.2) is 0 Å². The van der Waals surface area contributed by atoms with Crippen LogP contribution in [0.4, 0.5) is 0 Å². The van der Waals surface area contributed by atoms with E-state index >= 15 is 0 Å². The highest BCUT2D eigenvalue weighted by Crippen LogP contribution is 1.89. The molecule has 0 aromatic carbocycles. The maximum Gasteiger partial charge on any atom is 0.221 e. The van der Waals surface area contributed by atoms with Gasteiger partial charge in [-0.3, -0.25) is 9.79 Å². The van der Waals surface area contributed by atoms with Gasteiger partial charge in [0.2, 0.25) is 5.91 Å². The quantitative estimate of drug-likeness (QED) is 0.478. The van der Waals surface area contributed by atoms with Crippen LogP contribution in [0.3, 0.4) is 0 Å². The van der Waals surface area contributed by atoms with Crippen molar-refractivity contribution in [1.29, 1.82) is 0 Å². The second-order valence-electron chi connectivity index (χ2n) is 4.42. The van der Waals surface area contributed by atoms with E-state index in [1.54, 1.807) is 7.05 Å². The molecule has 100 valence electrons. The number of carbonyl (C=O) groups excluding carboxylic acids is 1. The third kappa shape index (κ3) is 8.54. The summed E-state index contributed by atoms with van der Waals surface area (Å²) in [5.41, 5.74) is 0. The zero-order valence-corrected chi connectivity index (χ0v) is 11.6. The summed E-state index contributed by atoms with van der Waals surface area (Å²) >= 11 is 0. The fourth-order valence-electron chi connectivity index (χ4n) is 1.21. The highest BCUT2D eigenvalue weighted by molar-refractivity contribution is 5.81. The average molecular weight is 242 g/mol. The molecule has 0 saturated carbocycles. The van der Waals surface area contributed by atoms with Gasteiger partial charge < -0.3 is 16.0 Å². The third-order valence-corrected chi connectivity index (χ3v) is 2.31. The summed E-state index contributed by atoms with van der Waals surface area (Å²) in [5, 5.41) is 9.19. The molecular weight excluding hydrogens is 216 g/mol. The van der Waals surface area contributed by atoms with Gasteiger partial charge in [-0.05, 0) is 27.2 Å². The number of guanidine groups is 1. The first kappa shape index (κ1) is 15.7. The lowest BCUT2D eigenvalue weighted by Crippen LogP contribution is -2.42. The van der Waals surface area contributed by atoms with Crippen molar-refractivity contribution in [1.82, 2.24) is 16.0 Å². The number of hydrogen-bond acceptors (Lipinski definition) is 2. The maximum atomic E-state index is 11.5. The number of amides is 1. The Morgan fingerprint density at radius 2 is 1.88 bits per heavy atom. The minimum absolute atomic E-state index is 0.0758. The van der Waals surface area contributed by atoms with Crippen LogP contribution in [-0.4, -0.2) is 37.5 Å².